The summed E-state index contributed by atoms with van der Waals surface area (Å²) in [6.07, 6.45) is 7.49. The Labute approximate surface area is 198 Å². The van der Waals surface area contributed by atoms with Crippen LogP contribution in [0.4, 0.5) is 4.79 Å². The van der Waals surface area contributed by atoms with Gasteiger partial charge in [0, 0.05) is 31.2 Å². The number of rotatable bonds is 6. The molecule has 1 fully saturated rings. The van der Waals surface area contributed by atoms with E-state index in [0.29, 0.717) is 11.6 Å². The lowest BCUT2D eigenvalue weighted by atomic mass is 10.2. The molecule has 1 aliphatic carbocycles. The number of nitrogens with zero attached hydrogens (tertiary/aromatic N) is 3. The van der Waals surface area contributed by atoms with E-state index in [4.69, 9.17) is 20.9 Å². The quantitative estimate of drug-likeness (QED) is 0.421. The summed E-state index contributed by atoms with van der Waals surface area (Å²) >= 11 is 3.61. The molecular formula is C23H34BrN5O3. The predicted octanol–water partition coefficient (Wildman–Crippen LogP) is 4.98. The van der Waals surface area contributed by atoms with Crippen LogP contribution < -0.4 is 11.5 Å². The van der Waals surface area contributed by atoms with Crippen LogP contribution in [0.5, 0.6) is 0 Å². The lowest BCUT2D eigenvalue weighted by molar-refractivity contribution is 0.0339. The molecule has 0 aliphatic heterocycles. The molecule has 0 spiro atoms. The van der Waals surface area contributed by atoms with Crippen LogP contribution >= 0.6 is 15.9 Å². The first-order valence-electron chi connectivity index (χ1n) is 10.1. The van der Waals surface area contributed by atoms with Crippen LogP contribution in [-0.2, 0) is 16.1 Å². The number of imidazole rings is 1. The van der Waals surface area contributed by atoms with Gasteiger partial charge in [-0.2, -0.15) is 0 Å². The fraction of sp³-hybridized carbons (Fsp3) is 0.478. The van der Waals surface area contributed by atoms with Gasteiger partial charge < -0.3 is 25.3 Å². The molecule has 4 N–H and O–H groups in total. The van der Waals surface area contributed by atoms with E-state index in [1.54, 1.807) is 33.8 Å². The Morgan fingerprint density at radius 2 is 2.00 bits per heavy atom. The van der Waals surface area contributed by atoms with Gasteiger partial charge in [-0.3, -0.25) is 4.90 Å². The fourth-order valence-electron chi connectivity index (χ4n) is 2.98. The van der Waals surface area contributed by atoms with Gasteiger partial charge in [-0.05, 0) is 74.0 Å². The Balaban J connectivity index is 0.00000363. The van der Waals surface area contributed by atoms with Crippen LogP contribution in [0.2, 0.25) is 0 Å². The van der Waals surface area contributed by atoms with E-state index in [0.717, 1.165) is 15.8 Å². The first-order chi connectivity index (χ1) is 14.4. The zero-order valence-corrected chi connectivity index (χ0v) is 20.2. The van der Waals surface area contributed by atoms with E-state index in [1.165, 1.54) is 30.4 Å². The molecule has 176 valence electrons. The monoisotopic (exact) mass is 507 g/mol. The summed E-state index contributed by atoms with van der Waals surface area (Å²) in [5.74, 6) is 1.00. The molecule has 1 amide bonds. The van der Waals surface area contributed by atoms with Gasteiger partial charge in [0.05, 0.1) is 10.2 Å². The topological polar surface area (TPSA) is 108 Å². The fourth-order valence-corrected chi connectivity index (χ4v) is 3.54. The number of fused-ring (bicyclic) bond motifs is 1. The summed E-state index contributed by atoms with van der Waals surface area (Å²) < 4.78 is 14.2. The Morgan fingerprint density at radius 3 is 2.56 bits per heavy atom. The molecule has 2 heterocycles. The van der Waals surface area contributed by atoms with E-state index in [1.807, 2.05) is 10.6 Å². The minimum atomic E-state index is -0.643. The molecule has 9 heteroatoms. The van der Waals surface area contributed by atoms with Gasteiger partial charge in [0.1, 0.15) is 12.2 Å². The summed E-state index contributed by atoms with van der Waals surface area (Å²) in [7, 11) is 1.52. The second kappa shape index (κ2) is 9.85. The van der Waals surface area contributed by atoms with Crippen LogP contribution in [0.15, 0.2) is 46.3 Å². The molecular weight excluding hydrogens is 474 g/mol. The van der Waals surface area contributed by atoms with Crippen LogP contribution in [0, 0.1) is 0 Å². The zero-order valence-electron chi connectivity index (χ0n) is 18.6. The number of carbonyl (C=O) groups is 1. The summed E-state index contributed by atoms with van der Waals surface area (Å²) in [6.45, 7) is 7.24. The van der Waals surface area contributed by atoms with Crippen molar-refractivity contribution in [2.45, 2.75) is 66.1 Å². The number of hydrogen-bond acceptors (Lipinski definition) is 6. The van der Waals surface area contributed by atoms with Crippen LogP contribution in [-0.4, -0.2) is 33.0 Å². The molecule has 1 aliphatic rings. The Bertz CT molecular complexity index is 1040. The molecule has 0 unspecified atom stereocenters. The van der Waals surface area contributed by atoms with Crippen molar-refractivity contribution in [1.29, 1.82) is 0 Å². The van der Waals surface area contributed by atoms with Gasteiger partial charge in [0.15, 0.2) is 17.2 Å². The van der Waals surface area contributed by atoms with Gasteiger partial charge in [-0.15, -0.1) is 0 Å². The van der Waals surface area contributed by atoms with E-state index in [-0.39, 0.29) is 25.6 Å². The number of allylic oxidation sites excluding steroid dienone is 2. The summed E-state index contributed by atoms with van der Waals surface area (Å²) in [5, 5.41) is 0. The molecule has 8 nitrogen and oxygen atoms in total. The molecule has 1 saturated carbocycles. The Morgan fingerprint density at radius 1 is 1.34 bits per heavy atom. The van der Waals surface area contributed by atoms with E-state index < -0.39 is 11.7 Å². The molecule has 0 saturated heterocycles. The SMILES string of the molecule is C.C/C(N)=C/C(OCc1cn2cc(C3CC3)cc(Br)c2n1)=C(\N)N(C)C(=O)OC(C)(C)C. The standard InChI is InChI=1S/C22H30BrN5O3.CH4/c1-13(24)8-18(19(25)27(5)21(29)31-22(2,3)4)30-12-16-11-28-10-15(14-6-7-14)9-17(23)20(28)26-16;/h8-11,14H,6-7,12,24-25H2,1-5H3;1H4/b13-8-,19-18-;. The van der Waals surface area contributed by atoms with Crippen LogP contribution in [0.3, 0.4) is 0 Å². The molecule has 3 rings (SSSR count). The number of amides is 1. The van der Waals surface area contributed by atoms with E-state index in [9.17, 15) is 4.79 Å². The van der Waals surface area contributed by atoms with Gasteiger partial charge in [-0.1, -0.05) is 7.43 Å². The predicted molar refractivity (Wildman–Crippen MR) is 130 cm³/mol. The van der Waals surface area contributed by atoms with Crippen LogP contribution in [0.25, 0.3) is 5.65 Å². The average Bonchev–Trinajstić information content (AvgIpc) is 3.42. The number of nitrogens with two attached hydrogens (primary N) is 2. The van der Waals surface area contributed by atoms with Crippen LogP contribution in [0.1, 0.15) is 65.1 Å². The average molecular weight is 508 g/mol. The summed E-state index contributed by atoms with van der Waals surface area (Å²) in [6, 6.07) is 2.13. The maximum absolute atomic E-state index is 12.4. The normalized spacial score (nSPS) is 15.1. The highest BCUT2D eigenvalue weighted by atomic mass is 79.9. The third-order valence-electron chi connectivity index (χ3n) is 4.64. The molecule has 0 aromatic carbocycles. The third-order valence-corrected chi connectivity index (χ3v) is 5.23. The van der Waals surface area contributed by atoms with Crippen molar-refractivity contribution in [3.63, 3.8) is 0 Å². The third kappa shape index (κ3) is 6.41. The second-order valence-electron chi connectivity index (χ2n) is 8.82. The van der Waals surface area contributed by atoms with Gasteiger partial charge in [0.2, 0.25) is 0 Å². The smallest absolute Gasteiger partial charge is 0.415 e. The molecule has 2 aromatic rings. The van der Waals surface area contributed by atoms with Crippen molar-refractivity contribution in [3.8, 4) is 0 Å². The van der Waals surface area contributed by atoms with E-state index >= 15 is 0 Å². The highest BCUT2D eigenvalue weighted by Crippen LogP contribution is 2.41. The van der Waals surface area contributed by atoms with Crippen molar-refractivity contribution < 1.29 is 14.3 Å². The lowest BCUT2D eigenvalue weighted by Gasteiger charge is -2.25. The number of carbonyl (C=O) groups excluding carboxylic acids is 1. The van der Waals surface area contributed by atoms with Gasteiger partial charge >= 0.3 is 6.09 Å². The highest BCUT2D eigenvalue weighted by Gasteiger charge is 2.25. The van der Waals surface area contributed by atoms with Crippen molar-refractivity contribution in [1.82, 2.24) is 14.3 Å². The highest BCUT2D eigenvalue weighted by molar-refractivity contribution is 9.10. The van der Waals surface area contributed by atoms with Crippen molar-refractivity contribution >= 4 is 27.7 Å². The second-order valence-corrected chi connectivity index (χ2v) is 9.68. The minimum Gasteiger partial charge on any atom is -0.483 e. The number of ether oxygens (including phenoxy) is 2. The van der Waals surface area contributed by atoms with Crippen molar-refractivity contribution in [3.05, 3.63) is 57.5 Å². The van der Waals surface area contributed by atoms with Crippen molar-refractivity contribution in [2.24, 2.45) is 11.5 Å². The molecule has 0 bridgehead atoms. The summed E-state index contributed by atoms with van der Waals surface area (Å²) in [4.78, 5) is 18.2. The maximum Gasteiger partial charge on any atom is 0.415 e. The first-order valence-corrected chi connectivity index (χ1v) is 10.9. The Hall–Kier alpha value is -2.68. The molecule has 0 radical (unpaired) electrons. The number of aromatic nitrogens is 2. The largest absolute Gasteiger partial charge is 0.483 e. The lowest BCUT2D eigenvalue weighted by Crippen LogP contribution is -2.37. The zero-order chi connectivity index (χ0) is 22.9. The first kappa shape index (κ1) is 25.6. The summed E-state index contributed by atoms with van der Waals surface area (Å²) in [5.41, 5.74) is 14.7. The minimum absolute atomic E-state index is 0. The van der Waals surface area contributed by atoms with Gasteiger partial charge in [-0.25, -0.2) is 9.78 Å². The molecule has 0 atom stereocenters. The van der Waals surface area contributed by atoms with Crippen molar-refractivity contribution in [2.75, 3.05) is 7.05 Å². The molecule has 2 aromatic heterocycles. The maximum atomic E-state index is 12.4. The number of hydrogen-bond donors (Lipinski definition) is 2. The molecule has 32 heavy (non-hydrogen) atoms. The van der Waals surface area contributed by atoms with Gasteiger partial charge in [0.25, 0.3) is 0 Å². The number of halogens is 1. The Kier molecular flexibility index (Phi) is 7.88. The number of pyridine rings is 1. The van der Waals surface area contributed by atoms with E-state index in [2.05, 4.69) is 33.2 Å².